The third-order valence-corrected chi connectivity index (χ3v) is 13.1. The van der Waals surface area contributed by atoms with Gasteiger partial charge in [0.1, 0.15) is 5.69 Å². The minimum Gasteiger partial charge on any atom is -0.376 e. The fourth-order valence-corrected chi connectivity index (χ4v) is 9.68. The number of carbonyl (C=O) groups is 1. The molecule has 320 valence electrons. The fraction of sp³-hybridized carbons (Fsp3) is 0.295. The molecule has 0 aromatic heterocycles. The van der Waals surface area contributed by atoms with Crippen LogP contribution in [0.5, 0.6) is 0 Å². The van der Waals surface area contributed by atoms with E-state index in [9.17, 15) is 23.3 Å². The quantitative estimate of drug-likeness (QED) is 0.0598. The zero-order chi connectivity index (χ0) is 39.9. The molecule has 0 unspecified atom stereocenters. The standard InChI is InChI=1S/C44H48N6O5S2.3ClH/c1-47(2)24-23-36(31-56-38-14-7-4-8-15-38)45-41-21-20-39(28-43(41)50(52)53)57(54,55)46-44(51)34-18-22-42-33(27-34)17-19-37-30-48(25-26-49(37)42)29-35-13-9-10-16-40(35)32-11-5-3-6-12-32;;;/h3-16,18,20-22,27-28,36-37,45H,17,19,23-26,29-31H2,1-2H3,(H,46,51);3*1H/t36-,37-;;;/m1.../s1. The molecule has 0 saturated carbocycles. The first-order chi connectivity index (χ1) is 27.5. The predicted molar refractivity (Wildman–Crippen MR) is 250 cm³/mol. The minimum atomic E-state index is -4.43. The van der Waals surface area contributed by atoms with Gasteiger partial charge in [0.05, 0.1) is 9.82 Å². The number of nitro benzene ring substituents is 1. The smallest absolute Gasteiger partial charge is 0.293 e. The third kappa shape index (κ3) is 11.9. The molecule has 60 heavy (non-hydrogen) atoms. The molecule has 5 aromatic rings. The van der Waals surface area contributed by atoms with E-state index >= 15 is 0 Å². The monoisotopic (exact) mass is 912 g/mol. The number of nitro groups is 1. The first-order valence-electron chi connectivity index (χ1n) is 19.2. The SMILES string of the molecule is CN(C)CC[C@H](CSc1ccccc1)Nc1ccc(S(=O)(=O)NC(=O)c2ccc3c(c2)CC[C@@H]2CN(Cc4ccccc4-c4ccccc4)CCN32)cc1[N+](=O)[O-].Cl.Cl.Cl. The molecule has 2 heterocycles. The highest BCUT2D eigenvalue weighted by molar-refractivity contribution is 7.99. The maximum Gasteiger partial charge on any atom is 0.293 e. The molecule has 0 radical (unpaired) electrons. The van der Waals surface area contributed by atoms with Gasteiger partial charge in [-0.1, -0.05) is 72.8 Å². The summed E-state index contributed by atoms with van der Waals surface area (Å²) in [7, 11) is -0.497. The van der Waals surface area contributed by atoms with Gasteiger partial charge in [-0.05, 0) is 105 Å². The van der Waals surface area contributed by atoms with Crippen LogP contribution in [0.1, 0.15) is 34.3 Å². The maximum atomic E-state index is 13.5. The number of fused-ring (bicyclic) bond motifs is 3. The van der Waals surface area contributed by atoms with Crippen LogP contribution in [0.25, 0.3) is 11.1 Å². The topological polar surface area (TPSA) is 128 Å². The molecule has 1 amide bonds. The van der Waals surface area contributed by atoms with E-state index in [2.05, 4.69) is 68.4 Å². The van der Waals surface area contributed by atoms with Crippen LogP contribution in [-0.4, -0.2) is 87.2 Å². The van der Waals surface area contributed by atoms with Crippen LogP contribution >= 0.6 is 49.0 Å². The number of amides is 1. The number of nitrogens with zero attached hydrogens (tertiary/aromatic N) is 4. The van der Waals surface area contributed by atoms with Gasteiger partial charge in [0.2, 0.25) is 0 Å². The summed E-state index contributed by atoms with van der Waals surface area (Å²) in [5.74, 6) is -0.138. The second kappa shape index (κ2) is 22.0. The Morgan fingerprint density at radius 1 is 0.900 bits per heavy atom. The average Bonchev–Trinajstić information content (AvgIpc) is 3.22. The number of aryl methyl sites for hydroxylation is 1. The number of hydrogen-bond acceptors (Lipinski definition) is 10. The van der Waals surface area contributed by atoms with Gasteiger partial charge in [-0.2, -0.15) is 0 Å². The highest BCUT2D eigenvalue weighted by atomic mass is 35.5. The lowest BCUT2D eigenvalue weighted by molar-refractivity contribution is -0.384. The normalized spacial score (nSPS) is 15.2. The molecule has 5 aromatic carbocycles. The Labute approximate surface area is 375 Å². The van der Waals surface area contributed by atoms with E-state index in [1.807, 2.05) is 61.5 Å². The van der Waals surface area contributed by atoms with E-state index in [0.29, 0.717) is 18.2 Å². The van der Waals surface area contributed by atoms with Gasteiger partial charge in [0, 0.05) is 66.2 Å². The molecule has 0 spiro atoms. The Morgan fingerprint density at radius 3 is 2.32 bits per heavy atom. The van der Waals surface area contributed by atoms with Crippen molar-refractivity contribution in [2.45, 2.75) is 47.7 Å². The average molecular weight is 914 g/mol. The van der Waals surface area contributed by atoms with Crippen molar-refractivity contribution in [2.75, 3.05) is 56.2 Å². The minimum absolute atomic E-state index is 0. The van der Waals surface area contributed by atoms with Crippen molar-refractivity contribution in [3.63, 3.8) is 0 Å². The van der Waals surface area contributed by atoms with Crippen LogP contribution in [0.15, 0.2) is 131 Å². The highest BCUT2D eigenvalue weighted by Crippen LogP contribution is 2.35. The molecule has 7 rings (SSSR count). The number of carbonyl (C=O) groups excluding carboxylic acids is 1. The molecule has 0 bridgehead atoms. The summed E-state index contributed by atoms with van der Waals surface area (Å²) in [5.41, 5.74) is 5.90. The Kier molecular flexibility index (Phi) is 17.7. The fourth-order valence-electron chi connectivity index (χ4n) is 7.69. The van der Waals surface area contributed by atoms with Crippen LogP contribution in [0.2, 0.25) is 0 Å². The van der Waals surface area contributed by atoms with Crippen molar-refractivity contribution in [3.05, 3.63) is 148 Å². The molecule has 1 saturated heterocycles. The summed E-state index contributed by atoms with van der Waals surface area (Å²) >= 11 is 1.64. The van der Waals surface area contributed by atoms with E-state index in [-0.39, 0.29) is 65.1 Å². The Bertz CT molecular complexity index is 2330. The third-order valence-electron chi connectivity index (χ3n) is 10.6. The van der Waals surface area contributed by atoms with Crippen molar-refractivity contribution in [1.82, 2.24) is 14.5 Å². The summed E-state index contributed by atoms with van der Waals surface area (Å²) in [6, 6.07) is 38.2. The van der Waals surface area contributed by atoms with Crippen LogP contribution in [0.4, 0.5) is 17.1 Å². The van der Waals surface area contributed by atoms with E-state index < -0.39 is 20.9 Å². The molecule has 11 nitrogen and oxygen atoms in total. The summed E-state index contributed by atoms with van der Waals surface area (Å²) in [6.45, 7) is 4.28. The van der Waals surface area contributed by atoms with Gasteiger partial charge < -0.3 is 15.1 Å². The van der Waals surface area contributed by atoms with Crippen molar-refractivity contribution >= 4 is 82.0 Å². The molecule has 16 heteroatoms. The van der Waals surface area contributed by atoms with Gasteiger partial charge in [-0.15, -0.1) is 49.0 Å². The van der Waals surface area contributed by atoms with E-state index in [1.165, 1.54) is 28.8 Å². The number of nitrogens with one attached hydrogen (secondary N) is 2. The van der Waals surface area contributed by atoms with Crippen molar-refractivity contribution in [2.24, 2.45) is 0 Å². The molecular formula is C44H51Cl3N6O5S2. The summed E-state index contributed by atoms with van der Waals surface area (Å²) in [4.78, 5) is 32.8. The van der Waals surface area contributed by atoms with E-state index in [1.54, 1.807) is 23.9 Å². The van der Waals surface area contributed by atoms with Gasteiger partial charge in [-0.3, -0.25) is 19.8 Å². The van der Waals surface area contributed by atoms with Crippen LogP contribution < -0.4 is 14.9 Å². The lowest BCUT2D eigenvalue weighted by Crippen LogP contribution is -2.54. The van der Waals surface area contributed by atoms with Crippen molar-refractivity contribution in [3.8, 4) is 11.1 Å². The number of hydrogen-bond donors (Lipinski definition) is 2. The Balaban J connectivity index is 0.00000265. The number of sulfonamides is 1. The number of thioether (sulfide) groups is 1. The van der Waals surface area contributed by atoms with Gasteiger partial charge in [0.25, 0.3) is 21.6 Å². The predicted octanol–water partition coefficient (Wildman–Crippen LogP) is 8.81. The number of anilines is 2. The molecule has 1 fully saturated rings. The number of piperazine rings is 1. The van der Waals surface area contributed by atoms with Crippen LogP contribution in [0.3, 0.4) is 0 Å². The van der Waals surface area contributed by atoms with Gasteiger partial charge >= 0.3 is 0 Å². The summed E-state index contributed by atoms with van der Waals surface area (Å²) in [6.07, 6.45) is 2.39. The zero-order valence-electron chi connectivity index (χ0n) is 33.4. The molecule has 2 atom stereocenters. The molecule has 2 aliphatic rings. The van der Waals surface area contributed by atoms with Crippen LogP contribution in [0, 0.1) is 10.1 Å². The van der Waals surface area contributed by atoms with Gasteiger partial charge in [-0.25, -0.2) is 13.1 Å². The van der Waals surface area contributed by atoms with E-state index in [4.69, 9.17) is 0 Å². The first kappa shape index (κ1) is 48.3. The van der Waals surface area contributed by atoms with Crippen LogP contribution in [-0.2, 0) is 23.0 Å². The lowest BCUT2D eigenvalue weighted by atomic mass is 9.92. The summed E-state index contributed by atoms with van der Waals surface area (Å²) < 4.78 is 29.2. The lowest BCUT2D eigenvalue weighted by Gasteiger charge is -2.46. The van der Waals surface area contributed by atoms with E-state index in [0.717, 1.165) is 67.8 Å². The zero-order valence-corrected chi connectivity index (χ0v) is 37.5. The second-order valence-corrected chi connectivity index (χ2v) is 17.7. The van der Waals surface area contributed by atoms with Gasteiger partial charge in [0.15, 0.2) is 0 Å². The molecule has 2 aliphatic heterocycles. The van der Waals surface area contributed by atoms with Crippen molar-refractivity contribution < 1.29 is 18.1 Å². The van der Waals surface area contributed by atoms with Crippen molar-refractivity contribution in [1.29, 1.82) is 0 Å². The Morgan fingerprint density at radius 2 is 1.60 bits per heavy atom. The molecular weight excluding hydrogens is 863 g/mol. The largest absolute Gasteiger partial charge is 0.376 e. The number of halogens is 3. The molecule has 2 N–H and O–H groups in total. The number of benzene rings is 5. The Hall–Kier alpha value is -4.34. The first-order valence-corrected chi connectivity index (χ1v) is 21.7. The molecule has 0 aliphatic carbocycles. The highest BCUT2D eigenvalue weighted by Gasteiger charge is 2.33. The number of rotatable bonds is 15. The maximum absolute atomic E-state index is 13.5. The second-order valence-electron chi connectivity index (χ2n) is 14.9. The summed E-state index contributed by atoms with van der Waals surface area (Å²) in [5, 5.41) is 15.5.